The van der Waals surface area contributed by atoms with Crippen LogP contribution >= 0.6 is 0 Å². The molecule has 2 N–H and O–H groups in total. The van der Waals surface area contributed by atoms with E-state index in [4.69, 9.17) is 0 Å². The first-order valence-electron chi connectivity index (χ1n) is 2.90. The summed E-state index contributed by atoms with van der Waals surface area (Å²) in [6.45, 7) is 0. The molecule has 0 atom stereocenters. The van der Waals surface area contributed by atoms with Crippen molar-refractivity contribution < 1.29 is 0 Å². The quantitative estimate of drug-likeness (QED) is 0.542. The maximum absolute atomic E-state index is 10.6. The number of fused-ring (bicyclic) bond motifs is 1. The summed E-state index contributed by atoms with van der Waals surface area (Å²) in [5, 5.41) is 6.07. The van der Waals surface area contributed by atoms with Crippen molar-refractivity contribution in [3.05, 3.63) is 28.7 Å². The minimum absolute atomic E-state index is 0.279. The molecule has 50 valence electrons. The lowest BCUT2D eigenvalue weighted by Gasteiger charge is -1.92. The highest BCUT2D eigenvalue weighted by molar-refractivity contribution is 5.55. The molecule has 4 heteroatoms. The van der Waals surface area contributed by atoms with Crippen LogP contribution in [0.5, 0.6) is 0 Å². The first-order valence-corrected chi connectivity index (χ1v) is 2.90. The van der Waals surface area contributed by atoms with Gasteiger partial charge in [-0.25, -0.2) is 9.89 Å². The third-order valence-corrected chi connectivity index (χ3v) is 1.32. The molecule has 2 rings (SSSR count). The molecule has 0 aromatic rings. The SMILES string of the molecule is O=c1[nH]nc2cccc-2[nH]1. The zero-order valence-electron chi connectivity index (χ0n) is 5.09. The maximum atomic E-state index is 10.6. The van der Waals surface area contributed by atoms with E-state index in [-0.39, 0.29) is 5.69 Å². The Labute approximate surface area is 56.2 Å². The number of aromatic nitrogens is 3. The van der Waals surface area contributed by atoms with Gasteiger partial charge in [0.05, 0.1) is 5.69 Å². The smallest absolute Gasteiger partial charge is 0.304 e. The summed E-state index contributed by atoms with van der Waals surface area (Å²) in [7, 11) is 0. The lowest BCUT2D eigenvalue weighted by atomic mass is 10.4. The van der Waals surface area contributed by atoms with Gasteiger partial charge < -0.3 is 4.98 Å². The summed E-state index contributed by atoms with van der Waals surface area (Å²) in [6, 6.07) is 5.46. The monoisotopic (exact) mass is 135 g/mol. The molecule has 0 bridgehead atoms. The highest BCUT2D eigenvalue weighted by Crippen LogP contribution is 2.12. The minimum atomic E-state index is -0.279. The van der Waals surface area contributed by atoms with Crippen molar-refractivity contribution in [2.24, 2.45) is 0 Å². The summed E-state index contributed by atoms with van der Waals surface area (Å²) in [5.74, 6) is 0. The van der Waals surface area contributed by atoms with Crippen LogP contribution in [0.15, 0.2) is 23.0 Å². The van der Waals surface area contributed by atoms with Gasteiger partial charge in [-0.2, -0.15) is 5.10 Å². The molecule has 1 aliphatic carbocycles. The Hall–Kier alpha value is -1.58. The van der Waals surface area contributed by atoms with Gasteiger partial charge in [0.25, 0.3) is 0 Å². The van der Waals surface area contributed by atoms with Crippen molar-refractivity contribution in [1.82, 2.24) is 15.2 Å². The molecule has 0 radical (unpaired) electrons. The van der Waals surface area contributed by atoms with E-state index < -0.39 is 0 Å². The number of nitrogens with zero attached hydrogens (tertiary/aromatic N) is 1. The van der Waals surface area contributed by atoms with Crippen LogP contribution in [0.25, 0.3) is 11.4 Å². The molecular weight excluding hydrogens is 130 g/mol. The van der Waals surface area contributed by atoms with Gasteiger partial charge in [0.15, 0.2) is 0 Å². The van der Waals surface area contributed by atoms with Gasteiger partial charge in [0.2, 0.25) is 0 Å². The van der Waals surface area contributed by atoms with Crippen molar-refractivity contribution in [3.63, 3.8) is 0 Å². The van der Waals surface area contributed by atoms with Crippen LogP contribution in [-0.4, -0.2) is 15.2 Å². The Morgan fingerprint density at radius 2 is 2.30 bits per heavy atom. The maximum Gasteiger partial charge on any atom is 0.339 e. The fourth-order valence-corrected chi connectivity index (χ4v) is 0.875. The fraction of sp³-hybridized carbons (Fsp3) is 0. The van der Waals surface area contributed by atoms with E-state index in [1.54, 1.807) is 6.07 Å². The zero-order valence-corrected chi connectivity index (χ0v) is 5.09. The summed E-state index contributed by atoms with van der Waals surface area (Å²) in [4.78, 5) is 13.2. The second-order valence-corrected chi connectivity index (χ2v) is 2.00. The molecule has 1 heterocycles. The molecule has 0 unspecified atom stereocenters. The first kappa shape index (κ1) is 5.22. The predicted octanol–water partition coefficient (Wildman–Crippen LogP) is 0.203. The van der Waals surface area contributed by atoms with Gasteiger partial charge in [-0.15, -0.1) is 0 Å². The minimum Gasteiger partial charge on any atom is -0.304 e. The molecule has 0 spiro atoms. The summed E-state index contributed by atoms with van der Waals surface area (Å²) in [5.41, 5.74) is 1.27. The van der Waals surface area contributed by atoms with Crippen LogP contribution in [-0.2, 0) is 0 Å². The van der Waals surface area contributed by atoms with Gasteiger partial charge in [-0.05, 0) is 12.1 Å². The average molecular weight is 135 g/mol. The van der Waals surface area contributed by atoms with Crippen LogP contribution < -0.4 is 5.69 Å². The molecule has 0 saturated heterocycles. The fourth-order valence-electron chi connectivity index (χ4n) is 0.875. The number of H-pyrrole nitrogens is 2. The zero-order chi connectivity index (χ0) is 6.97. The molecule has 2 aliphatic rings. The molecule has 0 aromatic heterocycles. The van der Waals surface area contributed by atoms with Crippen molar-refractivity contribution in [2.45, 2.75) is 0 Å². The molecule has 1 aliphatic heterocycles. The molecule has 10 heavy (non-hydrogen) atoms. The van der Waals surface area contributed by atoms with E-state index >= 15 is 0 Å². The van der Waals surface area contributed by atoms with Crippen LogP contribution in [0.2, 0.25) is 0 Å². The molecule has 0 fully saturated rings. The third-order valence-electron chi connectivity index (χ3n) is 1.32. The van der Waals surface area contributed by atoms with E-state index in [0.29, 0.717) is 0 Å². The Kier molecular flexibility index (Phi) is 0.887. The van der Waals surface area contributed by atoms with Crippen LogP contribution in [0.4, 0.5) is 0 Å². The molecule has 4 nitrogen and oxygen atoms in total. The van der Waals surface area contributed by atoms with E-state index in [0.717, 1.165) is 11.4 Å². The van der Waals surface area contributed by atoms with Crippen molar-refractivity contribution in [2.75, 3.05) is 0 Å². The van der Waals surface area contributed by atoms with Gasteiger partial charge in [-0.1, -0.05) is 6.07 Å². The first-order chi connectivity index (χ1) is 4.86. The topological polar surface area (TPSA) is 61.5 Å². The molecule has 0 saturated carbocycles. The van der Waals surface area contributed by atoms with Gasteiger partial charge in [-0.3, -0.25) is 0 Å². The van der Waals surface area contributed by atoms with E-state index in [9.17, 15) is 4.79 Å². The average Bonchev–Trinajstić information content (AvgIpc) is 2.33. The van der Waals surface area contributed by atoms with Gasteiger partial charge in [0, 0.05) is 0 Å². The number of aromatic amines is 2. The van der Waals surface area contributed by atoms with Crippen LogP contribution in [0.1, 0.15) is 0 Å². The van der Waals surface area contributed by atoms with Crippen LogP contribution in [0.3, 0.4) is 0 Å². The lowest BCUT2D eigenvalue weighted by Crippen LogP contribution is -2.12. The summed E-state index contributed by atoms with van der Waals surface area (Å²) >= 11 is 0. The van der Waals surface area contributed by atoms with Crippen molar-refractivity contribution in [3.8, 4) is 11.4 Å². The van der Waals surface area contributed by atoms with Crippen molar-refractivity contribution in [1.29, 1.82) is 0 Å². The van der Waals surface area contributed by atoms with E-state index in [2.05, 4.69) is 15.2 Å². The number of hydrogen-bond acceptors (Lipinski definition) is 2. The summed E-state index contributed by atoms with van der Waals surface area (Å²) in [6.07, 6.45) is 0. The second kappa shape index (κ2) is 1.70. The van der Waals surface area contributed by atoms with E-state index in [1.165, 1.54) is 0 Å². The second-order valence-electron chi connectivity index (χ2n) is 2.00. The molecule has 0 aromatic carbocycles. The number of rotatable bonds is 0. The van der Waals surface area contributed by atoms with Gasteiger partial charge >= 0.3 is 5.69 Å². The highest BCUT2D eigenvalue weighted by atomic mass is 16.1. The Bertz CT molecular complexity index is 362. The largest absolute Gasteiger partial charge is 0.339 e. The predicted molar refractivity (Wildman–Crippen MR) is 35.8 cm³/mol. The number of hydrogen-bond donors (Lipinski definition) is 2. The highest BCUT2D eigenvalue weighted by Gasteiger charge is 2.01. The lowest BCUT2D eigenvalue weighted by molar-refractivity contribution is 0.923. The van der Waals surface area contributed by atoms with Crippen LogP contribution in [0, 0.1) is 0 Å². The van der Waals surface area contributed by atoms with Gasteiger partial charge in [0.1, 0.15) is 5.69 Å². The third kappa shape index (κ3) is 0.621. The van der Waals surface area contributed by atoms with Crippen molar-refractivity contribution >= 4 is 0 Å². The van der Waals surface area contributed by atoms with E-state index in [1.807, 2.05) is 12.1 Å². The number of nitrogens with one attached hydrogen (secondary N) is 2. The normalized spacial score (nSPS) is 10.4. The molecular formula is C6H5N3O. The summed E-state index contributed by atoms with van der Waals surface area (Å²) < 4.78 is 0. The standard InChI is InChI=1S/C6H5N3O/c10-6-7-4-2-1-3-5(4)8-9-6/h1-3H,(H2,7,9,10). The Morgan fingerprint density at radius 3 is 3.20 bits per heavy atom. The Balaban J connectivity index is 2.87. The Morgan fingerprint density at radius 1 is 1.40 bits per heavy atom. The molecule has 0 amide bonds.